The third-order valence-electron chi connectivity index (χ3n) is 4.35. The Morgan fingerprint density at radius 1 is 1.29 bits per heavy atom. The van der Waals surface area contributed by atoms with Gasteiger partial charge < -0.3 is 24.3 Å². The monoisotopic (exact) mass is 499 g/mol. The molecule has 0 unspecified atom stereocenters. The number of piperazine rings is 1. The van der Waals surface area contributed by atoms with E-state index in [1.165, 1.54) is 6.26 Å². The number of rotatable bonds is 5. The molecule has 0 aliphatic carbocycles. The third-order valence-corrected chi connectivity index (χ3v) is 4.35. The summed E-state index contributed by atoms with van der Waals surface area (Å²) in [6.45, 7) is 6.06. The highest BCUT2D eigenvalue weighted by molar-refractivity contribution is 14.0. The van der Waals surface area contributed by atoms with Crippen molar-refractivity contribution in [3.63, 3.8) is 0 Å². The van der Waals surface area contributed by atoms with Crippen LogP contribution < -0.4 is 10.1 Å². The number of methoxy groups -OCH3 is 1. The maximum absolute atomic E-state index is 12.4. The number of aromatic nitrogens is 1. The third kappa shape index (κ3) is 5.60. The summed E-state index contributed by atoms with van der Waals surface area (Å²) in [5.74, 6) is 1.75. The van der Waals surface area contributed by atoms with Crippen LogP contribution in [-0.4, -0.2) is 66.5 Å². The Labute approximate surface area is 182 Å². The minimum atomic E-state index is -0.0644. The zero-order valence-electron chi connectivity index (χ0n) is 16.1. The van der Waals surface area contributed by atoms with Crippen LogP contribution in [0.2, 0.25) is 0 Å². The number of amides is 1. The topological polar surface area (TPSA) is 83.2 Å². The second-order valence-electron chi connectivity index (χ2n) is 6.13. The van der Waals surface area contributed by atoms with Gasteiger partial charge in [-0.25, -0.2) is 9.98 Å². The molecular weight excluding hydrogens is 473 g/mol. The van der Waals surface area contributed by atoms with Crippen molar-refractivity contribution in [1.82, 2.24) is 20.1 Å². The predicted octanol–water partition coefficient (Wildman–Crippen LogP) is 2.22. The van der Waals surface area contributed by atoms with Gasteiger partial charge in [0.05, 0.1) is 19.9 Å². The molecule has 2 aromatic heterocycles. The highest BCUT2D eigenvalue weighted by Crippen LogP contribution is 2.12. The minimum absolute atomic E-state index is 0. The van der Waals surface area contributed by atoms with Crippen LogP contribution in [0.15, 0.2) is 46.1 Å². The summed E-state index contributed by atoms with van der Waals surface area (Å²) in [5.41, 5.74) is 1.03. The van der Waals surface area contributed by atoms with Gasteiger partial charge in [-0.1, -0.05) is 0 Å². The molecule has 0 aromatic carbocycles. The second-order valence-corrected chi connectivity index (χ2v) is 6.13. The summed E-state index contributed by atoms with van der Waals surface area (Å²) in [5, 5.41) is 3.33. The largest absolute Gasteiger partial charge is 0.481 e. The van der Waals surface area contributed by atoms with Crippen LogP contribution in [0.5, 0.6) is 5.88 Å². The molecule has 0 spiro atoms. The van der Waals surface area contributed by atoms with Crippen molar-refractivity contribution in [1.29, 1.82) is 0 Å². The van der Waals surface area contributed by atoms with Crippen molar-refractivity contribution >= 4 is 35.8 Å². The maximum Gasteiger partial charge on any atom is 0.289 e. The van der Waals surface area contributed by atoms with E-state index in [1.807, 2.05) is 24.0 Å². The highest BCUT2D eigenvalue weighted by Gasteiger charge is 2.25. The fourth-order valence-electron chi connectivity index (χ4n) is 2.93. The van der Waals surface area contributed by atoms with Crippen LogP contribution in [0, 0.1) is 0 Å². The zero-order chi connectivity index (χ0) is 19.1. The number of hydrogen-bond acceptors (Lipinski definition) is 5. The van der Waals surface area contributed by atoms with Crippen LogP contribution >= 0.6 is 24.0 Å². The number of carbonyl (C=O) groups is 1. The maximum atomic E-state index is 12.4. The van der Waals surface area contributed by atoms with Gasteiger partial charge in [0, 0.05) is 45.0 Å². The van der Waals surface area contributed by atoms with E-state index in [-0.39, 0.29) is 29.9 Å². The molecule has 3 heterocycles. The molecule has 1 saturated heterocycles. The number of halogens is 1. The van der Waals surface area contributed by atoms with E-state index in [2.05, 4.69) is 15.2 Å². The molecule has 0 radical (unpaired) electrons. The number of aliphatic imine (C=N–C) groups is 1. The molecule has 1 fully saturated rings. The number of guanidine groups is 1. The lowest BCUT2D eigenvalue weighted by molar-refractivity contribution is 0.0657. The first-order valence-corrected chi connectivity index (χ1v) is 9.06. The van der Waals surface area contributed by atoms with E-state index < -0.39 is 0 Å². The number of carbonyl (C=O) groups excluding carboxylic acids is 1. The van der Waals surface area contributed by atoms with Gasteiger partial charge in [0.2, 0.25) is 5.88 Å². The predicted molar refractivity (Wildman–Crippen MR) is 117 cm³/mol. The van der Waals surface area contributed by atoms with Gasteiger partial charge in [-0.15, -0.1) is 24.0 Å². The van der Waals surface area contributed by atoms with Gasteiger partial charge in [0.1, 0.15) is 0 Å². The summed E-state index contributed by atoms with van der Waals surface area (Å²) >= 11 is 0. The van der Waals surface area contributed by atoms with Gasteiger partial charge in [0.15, 0.2) is 11.7 Å². The molecule has 2 aromatic rings. The molecule has 1 N–H and O–H groups in total. The Balaban J connectivity index is 0.00000280. The Morgan fingerprint density at radius 3 is 2.68 bits per heavy atom. The van der Waals surface area contributed by atoms with Crippen molar-refractivity contribution in [2.45, 2.75) is 13.5 Å². The van der Waals surface area contributed by atoms with Crippen LogP contribution in [0.3, 0.4) is 0 Å². The summed E-state index contributed by atoms with van der Waals surface area (Å²) in [6.07, 6.45) is 3.24. The summed E-state index contributed by atoms with van der Waals surface area (Å²) in [7, 11) is 1.60. The normalized spacial score (nSPS) is 14.4. The first-order valence-electron chi connectivity index (χ1n) is 9.06. The second kappa shape index (κ2) is 10.9. The van der Waals surface area contributed by atoms with Gasteiger partial charge in [0.25, 0.3) is 5.91 Å². The molecule has 28 heavy (non-hydrogen) atoms. The smallest absolute Gasteiger partial charge is 0.289 e. The average Bonchev–Trinajstić information content (AvgIpc) is 3.26. The first-order chi connectivity index (χ1) is 13.2. The van der Waals surface area contributed by atoms with E-state index in [9.17, 15) is 4.79 Å². The number of pyridine rings is 1. The van der Waals surface area contributed by atoms with Crippen LogP contribution in [0.25, 0.3) is 0 Å². The molecule has 152 valence electrons. The molecule has 0 bridgehead atoms. The van der Waals surface area contributed by atoms with Crippen LogP contribution in [0.4, 0.5) is 0 Å². The van der Waals surface area contributed by atoms with Crippen molar-refractivity contribution in [3.05, 3.63) is 48.0 Å². The van der Waals surface area contributed by atoms with Crippen molar-refractivity contribution in [3.8, 4) is 5.88 Å². The molecule has 0 saturated carbocycles. The number of ether oxygens (including phenoxy) is 1. The Hall–Kier alpha value is -2.30. The Bertz CT molecular complexity index is 774. The molecular formula is C19H26IN5O3. The minimum Gasteiger partial charge on any atom is -0.481 e. The van der Waals surface area contributed by atoms with E-state index >= 15 is 0 Å². The van der Waals surface area contributed by atoms with Crippen LogP contribution in [-0.2, 0) is 6.54 Å². The van der Waals surface area contributed by atoms with Crippen LogP contribution in [0.1, 0.15) is 23.0 Å². The summed E-state index contributed by atoms with van der Waals surface area (Å²) < 4.78 is 10.4. The van der Waals surface area contributed by atoms with Gasteiger partial charge in [-0.3, -0.25) is 4.79 Å². The van der Waals surface area contributed by atoms with Gasteiger partial charge in [-0.2, -0.15) is 0 Å². The number of hydrogen-bond donors (Lipinski definition) is 1. The molecule has 8 nitrogen and oxygen atoms in total. The van der Waals surface area contributed by atoms with Crippen molar-refractivity contribution in [2.75, 3.05) is 39.8 Å². The SMILES string of the molecule is CCNC(=NCc1ccnc(OC)c1)N1CCN(C(=O)c2ccco2)CC1.I. The fourth-order valence-corrected chi connectivity index (χ4v) is 2.93. The molecule has 1 aliphatic rings. The molecule has 1 aliphatic heterocycles. The zero-order valence-corrected chi connectivity index (χ0v) is 18.5. The lowest BCUT2D eigenvalue weighted by Gasteiger charge is -2.36. The van der Waals surface area contributed by atoms with Crippen molar-refractivity contribution in [2.24, 2.45) is 4.99 Å². The van der Waals surface area contributed by atoms with Crippen molar-refractivity contribution < 1.29 is 13.9 Å². The standard InChI is InChI=1S/C19H25N5O3.HI/c1-3-20-19(22-14-15-6-7-21-17(13-15)26-2)24-10-8-23(9-11-24)18(25)16-5-4-12-27-16;/h4-7,12-13H,3,8-11,14H2,1-2H3,(H,20,22);1H. The molecule has 3 rings (SSSR count). The number of nitrogens with one attached hydrogen (secondary N) is 1. The Kier molecular flexibility index (Phi) is 8.55. The molecule has 1 amide bonds. The van der Waals surface area contributed by atoms with E-state index in [4.69, 9.17) is 14.1 Å². The van der Waals surface area contributed by atoms with Gasteiger partial charge in [-0.05, 0) is 30.7 Å². The lowest BCUT2D eigenvalue weighted by atomic mass is 10.2. The lowest BCUT2D eigenvalue weighted by Crippen LogP contribution is -2.53. The molecule has 9 heteroatoms. The van der Waals surface area contributed by atoms with Gasteiger partial charge >= 0.3 is 0 Å². The number of furan rings is 1. The fraction of sp³-hybridized carbons (Fsp3) is 0.421. The average molecular weight is 499 g/mol. The first kappa shape index (κ1) is 22.0. The van der Waals surface area contributed by atoms with E-state index in [0.717, 1.165) is 31.2 Å². The molecule has 0 atom stereocenters. The highest BCUT2D eigenvalue weighted by atomic mass is 127. The Morgan fingerprint density at radius 2 is 2.04 bits per heavy atom. The van der Waals surface area contributed by atoms with E-state index in [1.54, 1.807) is 25.4 Å². The number of nitrogens with zero attached hydrogens (tertiary/aromatic N) is 4. The summed E-state index contributed by atoms with van der Waals surface area (Å²) in [4.78, 5) is 25.2. The quantitative estimate of drug-likeness (QED) is 0.386. The van der Waals surface area contributed by atoms with E-state index in [0.29, 0.717) is 31.3 Å². The summed E-state index contributed by atoms with van der Waals surface area (Å²) in [6, 6.07) is 7.24.